The molecular formula is C16H24BrNS. The molecule has 1 aliphatic rings. The lowest BCUT2D eigenvalue weighted by Crippen LogP contribution is -2.15. The van der Waals surface area contributed by atoms with Gasteiger partial charge in [-0.15, -0.1) is 11.8 Å². The highest BCUT2D eigenvalue weighted by Crippen LogP contribution is 2.36. The summed E-state index contributed by atoms with van der Waals surface area (Å²) >= 11 is 5.70. The molecule has 0 radical (unpaired) electrons. The predicted molar refractivity (Wildman–Crippen MR) is 88.9 cm³/mol. The zero-order valence-electron chi connectivity index (χ0n) is 11.8. The largest absolute Gasteiger partial charge is 0.313 e. The molecule has 2 rings (SSSR count). The van der Waals surface area contributed by atoms with Gasteiger partial charge in [-0.3, -0.25) is 0 Å². The number of benzene rings is 1. The Labute approximate surface area is 130 Å². The van der Waals surface area contributed by atoms with Crippen molar-refractivity contribution in [2.24, 2.45) is 0 Å². The third-order valence-electron chi connectivity index (χ3n) is 3.62. The van der Waals surface area contributed by atoms with Gasteiger partial charge in [0.15, 0.2) is 0 Å². The summed E-state index contributed by atoms with van der Waals surface area (Å²) in [4.78, 5) is 1.46. The van der Waals surface area contributed by atoms with Crippen molar-refractivity contribution in [1.29, 1.82) is 0 Å². The van der Waals surface area contributed by atoms with Crippen molar-refractivity contribution in [2.45, 2.75) is 62.1 Å². The van der Waals surface area contributed by atoms with Gasteiger partial charge in [-0.2, -0.15) is 0 Å². The van der Waals surface area contributed by atoms with E-state index in [0.717, 1.165) is 18.3 Å². The Balaban J connectivity index is 2.01. The number of halogens is 1. The van der Waals surface area contributed by atoms with Crippen LogP contribution in [0.3, 0.4) is 0 Å². The van der Waals surface area contributed by atoms with Crippen LogP contribution in [0.1, 0.15) is 51.0 Å². The van der Waals surface area contributed by atoms with Crippen molar-refractivity contribution < 1.29 is 0 Å². The van der Waals surface area contributed by atoms with Gasteiger partial charge in [0.05, 0.1) is 0 Å². The second-order valence-corrected chi connectivity index (χ2v) is 7.56. The lowest BCUT2D eigenvalue weighted by molar-refractivity contribution is 0.516. The van der Waals surface area contributed by atoms with Gasteiger partial charge in [-0.05, 0) is 43.5 Å². The zero-order chi connectivity index (χ0) is 13.5. The first-order chi connectivity index (χ1) is 9.29. The van der Waals surface area contributed by atoms with Gasteiger partial charge in [-0.25, -0.2) is 0 Å². The predicted octanol–water partition coefficient (Wildman–Crippen LogP) is 5.37. The minimum absolute atomic E-state index is 0.827. The molecular weight excluding hydrogens is 318 g/mol. The lowest BCUT2D eigenvalue weighted by Gasteiger charge is -2.22. The minimum Gasteiger partial charge on any atom is -0.313 e. The molecule has 1 saturated carbocycles. The molecule has 1 aromatic rings. The maximum absolute atomic E-state index is 3.61. The lowest BCUT2D eigenvalue weighted by atomic mass is 10.0. The molecule has 1 N–H and O–H groups in total. The van der Waals surface area contributed by atoms with E-state index in [0.29, 0.717) is 0 Å². The van der Waals surface area contributed by atoms with Crippen LogP contribution in [0.2, 0.25) is 0 Å². The third kappa shape index (κ3) is 5.13. The van der Waals surface area contributed by atoms with Crippen molar-refractivity contribution in [1.82, 2.24) is 5.32 Å². The van der Waals surface area contributed by atoms with Crippen molar-refractivity contribution in [3.05, 3.63) is 28.2 Å². The van der Waals surface area contributed by atoms with Gasteiger partial charge >= 0.3 is 0 Å². The number of rotatable bonds is 6. The number of hydrogen-bond donors (Lipinski definition) is 1. The molecule has 0 spiro atoms. The van der Waals surface area contributed by atoms with Crippen molar-refractivity contribution >= 4 is 27.7 Å². The van der Waals surface area contributed by atoms with Crippen molar-refractivity contribution in [3.63, 3.8) is 0 Å². The smallest absolute Gasteiger partial charge is 0.0216 e. The molecule has 19 heavy (non-hydrogen) atoms. The van der Waals surface area contributed by atoms with E-state index in [1.54, 1.807) is 0 Å². The first kappa shape index (κ1) is 15.4. The minimum atomic E-state index is 0.827. The highest BCUT2D eigenvalue weighted by molar-refractivity contribution is 9.10. The molecule has 0 saturated heterocycles. The van der Waals surface area contributed by atoms with Crippen LogP contribution < -0.4 is 5.32 Å². The Kier molecular flexibility index (Phi) is 6.75. The molecule has 0 atom stereocenters. The monoisotopic (exact) mass is 341 g/mol. The third-order valence-corrected chi connectivity index (χ3v) is 5.55. The maximum Gasteiger partial charge on any atom is 0.0216 e. The summed E-state index contributed by atoms with van der Waals surface area (Å²) in [5.74, 6) is 0. The summed E-state index contributed by atoms with van der Waals surface area (Å²) in [5, 5.41) is 4.35. The molecule has 0 heterocycles. The van der Waals surface area contributed by atoms with E-state index in [2.05, 4.69) is 58.1 Å². The number of thioether (sulfide) groups is 1. The number of nitrogens with one attached hydrogen (secondary N) is 1. The fourth-order valence-corrected chi connectivity index (χ4v) is 4.47. The summed E-state index contributed by atoms with van der Waals surface area (Å²) in [6.45, 7) is 4.31. The molecule has 0 aromatic heterocycles. The van der Waals surface area contributed by atoms with E-state index < -0.39 is 0 Å². The van der Waals surface area contributed by atoms with Gasteiger partial charge in [-0.1, -0.05) is 48.2 Å². The SMILES string of the molecule is CCCNCc1ccc(Br)cc1SC1CCCCC1. The Hall–Kier alpha value is 0.01000. The van der Waals surface area contributed by atoms with E-state index in [1.807, 2.05) is 0 Å². The van der Waals surface area contributed by atoms with Crippen molar-refractivity contribution in [3.8, 4) is 0 Å². The zero-order valence-corrected chi connectivity index (χ0v) is 14.2. The van der Waals surface area contributed by atoms with Gasteiger partial charge in [0.1, 0.15) is 0 Å². The fourth-order valence-electron chi connectivity index (χ4n) is 2.55. The Bertz CT molecular complexity index is 388. The Morgan fingerprint density at radius 2 is 2.05 bits per heavy atom. The molecule has 106 valence electrons. The first-order valence-corrected chi connectivity index (χ1v) is 9.12. The van der Waals surface area contributed by atoms with Gasteiger partial charge < -0.3 is 5.32 Å². The van der Waals surface area contributed by atoms with Crippen LogP contribution in [0.15, 0.2) is 27.6 Å². The van der Waals surface area contributed by atoms with Gasteiger partial charge in [0.25, 0.3) is 0 Å². The van der Waals surface area contributed by atoms with Crippen molar-refractivity contribution in [2.75, 3.05) is 6.54 Å². The second-order valence-electron chi connectivity index (χ2n) is 5.31. The van der Waals surface area contributed by atoms with Crippen LogP contribution in [0.5, 0.6) is 0 Å². The standard InChI is InChI=1S/C16H24BrNS/c1-2-10-18-12-13-8-9-14(17)11-16(13)19-15-6-4-3-5-7-15/h8-9,11,15,18H,2-7,10,12H2,1H3. The van der Waals surface area contributed by atoms with Crippen LogP contribution in [0.4, 0.5) is 0 Å². The van der Waals surface area contributed by atoms with E-state index in [-0.39, 0.29) is 0 Å². The molecule has 0 aliphatic heterocycles. The van der Waals surface area contributed by atoms with Gasteiger partial charge in [0.2, 0.25) is 0 Å². The number of hydrogen-bond acceptors (Lipinski definition) is 2. The molecule has 0 amide bonds. The molecule has 1 aliphatic carbocycles. The molecule has 3 heteroatoms. The first-order valence-electron chi connectivity index (χ1n) is 7.45. The van der Waals surface area contributed by atoms with E-state index >= 15 is 0 Å². The van der Waals surface area contributed by atoms with E-state index in [4.69, 9.17) is 0 Å². The summed E-state index contributed by atoms with van der Waals surface area (Å²) in [5.41, 5.74) is 1.45. The fraction of sp³-hybridized carbons (Fsp3) is 0.625. The second kappa shape index (κ2) is 8.33. The quantitative estimate of drug-likeness (QED) is 0.697. The average Bonchev–Trinajstić information content (AvgIpc) is 2.43. The summed E-state index contributed by atoms with van der Waals surface area (Å²) in [6, 6.07) is 6.72. The van der Waals surface area contributed by atoms with Gasteiger partial charge in [0, 0.05) is 21.2 Å². The van der Waals surface area contributed by atoms with Crippen LogP contribution in [0, 0.1) is 0 Å². The maximum atomic E-state index is 3.61. The average molecular weight is 342 g/mol. The topological polar surface area (TPSA) is 12.0 Å². The highest BCUT2D eigenvalue weighted by Gasteiger charge is 2.16. The highest BCUT2D eigenvalue weighted by atomic mass is 79.9. The Morgan fingerprint density at radius 3 is 2.79 bits per heavy atom. The van der Waals surface area contributed by atoms with Crippen LogP contribution in [-0.2, 0) is 6.54 Å². The molecule has 1 fully saturated rings. The Morgan fingerprint density at radius 1 is 1.26 bits per heavy atom. The van der Waals surface area contributed by atoms with Crippen LogP contribution in [0.25, 0.3) is 0 Å². The van der Waals surface area contributed by atoms with E-state index in [1.165, 1.54) is 53.5 Å². The molecule has 1 aromatic carbocycles. The van der Waals surface area contributed by atoms with Crippen LogP contribution >= 0.6 is 27.7 Å². The summed E-state index contributed by atoms with van der Waals surface area (Å²) in [7, 11) is 0. The molecule has 1 nitrogen and oxygen atoms in total. The normalized spacial score (nSPS) is 16.7. The van der Waals surface area contributed by atoms with Crippen LogP contribution in [-0.4, -0.2) is 11.8 Å². The summed E-state index contributed by atoms with van der Waals surface area (Å²) < 4.78 is 1.20. The molecule has 0 bridgehead atoms. The molecule has 0 unspecified atom stereocenters. The summed E-state index contributed by atoms with van der Waals surface area (Å²) in [6.07, 6.45) is 8.23. The van der Waals surface area contributed by atoms with E-state index in [9.17, 15) is 0 Å².